The molecule has 6 heteroatoms. The zero-order chi connectivity index (χ0) is 17.0. The number of ether oxygens (including phenoxy) is 1. The van der Waals surface area contributed by atoms with Crippen LogP contribution in [0.2, 0.25) is 5.02 Å². The van der Waals surface area contributed by atoms with Gasteiger partial charge in [0.25, 0.3) is 0 Å². The summed E-state index contributed by atoms with van der Waals surface area (Å²) in [5.41, 5.74) is 1.31. The summed E-state index contributed by atoms with van der Waals surface area (Å²) in [7, 11) is 0. The maximum Gasteiger partial charge on any atom is 0.347 e. The van der Waals surface area contributed by atoms with E-state index in [4.69, 9.17) is 21.4 Å². The maximum absolute atomic E-state index is 11.1. The molecule has 0 fully saturated rings. The van der Waals surface area contributed by atoms with Gasteiger partial charge in [-0.1, -0.05) is 38.3 Å². The number of aryl methyl sites for hydroxylation is 1. The normalized spacial score (nSPS) is 11.0. The Morgan fingerprint density at radius 3 is 2.61 bits per heavy atom. The molecule has 0 saturated heterocycles. The largest absolute Gasteiger partial charge is 0.492 e. The number of rotatable bonds is 7. The number of benzene rings is 1. The molecule has 0 atom stereocenters. The summed E-state index contributed by atoms with van der Waals surface area (Å²) in [4.78, 5) is 15.7. The average Bonchev–Trinajstić information content (AvgIpc) is 2.91. The molecule has 2 aromatic rings. The summed E-state index contributed by atoms with van der Waals surface area (Å²) in [6.07, 6.45) is 2.14. The van der Waals surface area contributed by atoms with E-state index in [1.165, 1.54) is 0 Å². The lowest BCUT2D eigenvalue weighted by Crippen LogP contribution is -2.10. The molecule has 0 aliphatic heterocycles. The van der Waals surface area contributed by atoms with Crippen LogP contribution >= 0.6 is 22.9 Å². The Labute approximate surface area is 145 Å². The number of halogens is 1. The minimum absolute atomic E-state index is 0.255. The van der Waals surface area contributed by atoms with E-state index in [0.717, 1.165) is 29.7 Å². The summed E-state index contributed by atoms with van der Waals surface area (Å²) in [6.45, 7) is 6.63. The van der Waals surface area contributed by atoms with Gasteiger partial charge in [0.1, 0.15) is 15.6 Å². The van der Waals surface area contributed by atoms with Gasteiger partial charge >= 0.3 is 5.97 Å². The van der Waals surface area contributed by atoms with Crippen molar-refractivity contribution in [2.45, 2.75) is 33.6 Å². The Hall–Kier alpha value is -1.59. The molecule has 1 aromatic carbocycles. The quantitative estimate of drug-likeness (QED) is 0.735. The Balaban J connectivity index is 2.19. The minimum atomic E-state index is -0.956. The maximum atomic E-state index is 11.1. The molecule has 0 unspecified atom stereocenters. The topological polar surface area (TPSA) is 59.4 Å². The fraction of sp³-hybridized carbons (Fsp3) is 0.412. The number of carboxylic acids is 1. The summed E-state index contributed by atoms with van der Waals surface area (Å²) < 4.78 is 5.80. The van der Waals surface area contributed by atoms with Crippen molar-refractivity contribution in [3.05, 3.63) is 33.8 Å². The molecule has 1 aromatic heterocycles. The molecular weight excluding hydrogens is 334 g/mol. The van der Waals surface area contributed by atoms with Gasteiger partial charge in [-0.3, -0.25) is 0 Å². The van der Waals surface area contributed by atoms with Gasteiger partial charge in [0.15, 0.2) is 0 Å². The average molecular weight is 354 g/mol. The zero-order valence-electron chi connectivity index (χ0n) is 13.4. The standard InChI is InChI=1S/C17H20ClNO3S/c1-4-11(5-2)9-22-14-7-6-12(8-13(14)18)16-19-10(3)15(23-16)17(20)21/h6-8,11H,4-5,9H2,1-3H3,(H,20,21). The number of thiazole rings is 1. The molecule has 0 bridgehead atoms. The number of carbonyl (C=O) groups is 1. The van der Waals surface area contributed by atoms with Gasteiger partial charge in [-0.2, -0.15) is 0 Å². The second kappa shape index (κ2) is 7.79. The lowest BCUT2D eigenvalue weighted by atomic mass is 10.1. The first-order valence-electron chi connectivity index (χ1n) is 7.59. The van der Waals surface area contributed by atoms with Gasteiger partial charge in [0.05, 0.1) is 17.3 Å². The van der Waals surface area contributed by atoms with Crippen molar-refractivity contribution in [1.29, 1.82) is 0 Å². The van der Waals surface area contributed by atoms with Gasteiger partial charge in [0.2, 0.25) is 0 Å². The highest BCUT2D eigenvalue weighted by Crippen LogP contribution is 2.34. The number of hydrogen-bond acceptors (Lipinski definition) is 4. The first-order chi connectivity index (χ1) is 11.0. The fourth-order valence-electron chi connectivity index (χ4n) is 2.20. The van der Waals surface area contributed by atoms with Crippen LogP contribution in [-0.4, -0.2) is 22.7 Å². The van der Waals surface area contributed by atoms with Crippen LogP contribution in [-0.2, 0) is 0 Å². The Morgan fingerprint density at radius 2 is 2.09 bits per heavy atom. The molecule has 0 amide bonds. The lowest BCUT2D eigenvalue weighted by Gasteiger charge is -2.14. The SMILES string of the molecule is CCC(CC)COc1ccc(-c2nc(C)c(C(=O)O)s2)cc1Cl. The highest BCUT2D eigenvalue weighted by atomic mass is 35.5. The predicted molar refractivity (Wildman–Crippen MR) is 93.8 cm³/mol. The first-order valence-corrected chi connectivity index (χ1v) is 8.79. The number of nitrogens with zero attached hydrogens (tertiary/aromatic N) is 1. The number of aromatic carboxylic acids is 1. The van der Waals surface area contributed by atoms with Crippen molar-refractivity contribution in [3.63, 3.8) is 0 Å². The van der Waals surface area contributed by atoms with Crippen LogP contribution < -0.4 is 4.74 Å². The van der Waals surface area contributed by atoms with Crippen molar-refractivity contribution in [1.82, 2.24) is 4.98 Å². The van der Waals surface area contributed by atoms with E-state index < -0.39 is 5.97 Å². The summed E-state index contributed by atoms with van der Waals surface area (Å²) >= 11 is 7.44. The minimum Gasteiger partial charge on any atom is -0.492 e. The molecule has 1 N–H and O–H groups in total. The van der Waals surface area contributed by atoms with Gasteiger partial charge in [0, 0.05) is 5.56 Å². The third-order valence-electron chi connectivity index (χ3n) is 3.80. The Bertz CT molecular complexity index is 695. The highest BCUT2D eigenvalue weighted by molar-refractivity contribution is 7.17. The highest BCUT2D eigenvalue weighted by Gasteiger charge is 2.16. The smallest absolute Gasteiger partial charge is 0.347 e. The van der Waals surface area contributed by atoms with Crippen LogP contribution in [0, 0.1) is 12.8 Å². The van der Waals surface area contributed by atoms with E-state index in [1.54, 1.807) is 13.0 Å². The molecule has 124 valence electrons. The molecule has 0 aliphatic carbocycles. The Morgan fingerprint density at radius 1 is 1.39 bits per heavy atom. The molecule has 0 radical (unpaired) electrons. The van der Waals surface area contributed by atoms with Crippen LogP contribution in [0.5, 0.6) is 5.75 Å². The summed E-state index contributed by atoms with van der Waals surface area (Å²) in [5.74, 6) is 0.210. The molecule has 4 nitrogen and oxygen atoms in total. The Kier molecular flexibility index (Phi) is 6.02. The van der Waals surface area contributed by atoms with E-state index in [2.05, 4.69) is 18.8 Å². The van der Waals surface area contributed by atoms with Crippen LogP contribution in [0.15, 0.2) is 18.2 Å². The van der Waals surface area contributed by atoms with E-state index in [9.17, 15) is 4.79 Å². The molecular formula is C17H20ClNO3S. The number of hydrogen-bond donors (Lipinski definition) is 1. The monoisotopic (exact) mass is 353 g/mol. The number of aromatic nitrogens is 1. The summed E-state index contributed by atoms with van der Waals surface area (Å²) in [5, 5.41) is 10.3. The van der Waals surface area contributed by atoms with Gasteiger partial charge in [-0.15, -0.1) is 11.3 Å². The van der Waals surface area contributed by atoms with Crippen molar-refractivity contribution >= 4 is 28.9 Å². The van der Waals surface area contributed by atoms with Crippen LogP contribution in [0.3, 0.4) is 0 Å². The number of carboxylic acid groups (broad SMARTS) is 1. The first kappa shape index (κ1) is 17.8. The predicted octanol–water partition coefficient (Wildman–Crippen LogP) is 5.29. The van der Waals surface area contributed by atoms with E-state index in [0.29, 0.717) is 34.0 Å². The lowest BCUT2D eigenvalue weighted by molar-refractivity contribution is 0.0701. The van der Waals surface area contributed by atoms with Crippen molar-refractivity contribution in [3.8, 4) is 16.3 Å². The van der Waals surface area contributed by atoms with Crippen LogP contribution in [0.1, 0.15) is 42.1 Å². The second-order valence-corrected chi connectivity index (χ2v) is 6.78. The molecule has 2 rings (SSSR count). The fourth-order valence-corrected chi connectivity index (χ4v) is 3.34. The van der Waals surface area contributed by atoms with Gasteiger partial charge in [-0.05, 0) is 31.0 Å². The van der Waals surface area contributed by atoms with E-state index >= 15 is 0 Å². The molecule has 0 spiro atoms. The van der Waals surface area contributed by atoms with Gasteiger partial charge < -0.3 is 9.84 Å². The molecule has 0 saturated carbocycles. The zero-order valence-corrected chi connectivity index (χ0v) is 15.0. The second-order valence-electron chi connectivity index (χ2n) is 5.38. The van der Waals surface area contributed by atoms with Crippen molar-refractivity contribution in [2.24, 2.45) is 5.92 Å². The third kappa shape index (κ3) is 4.24. The van der Waals surface area contributed by atoms with E-state index in [1.807, 2.05) is 12.1 Å². The molecule has 23 heavy (non-hydrogen) atoms. The molecule has 1 heterocycles. The van der Waals surface area contributed by atoms with Crippen LogP contribution in [0.4, 0.5) is 0 Å². The van der Waals surface area contributed by atoms with Crippen LogP contribution in [0.25, 0.3) is 10.6 Å². The van der Waals surface area contributed by atoms with Gasteiger partial charge in [-0.25, -0.2) is 9.78 Å². The molecule has 0 aliphatic rings. The van der Waals surface area contributed by atoms with Crippen molar-refractivity contribution in [2.75, 3.05) is 6.61 Å². The van der Waals surface area contributed by atoms with Crippen molar-refractivity contribution < 1.29 is 14.6 Å². The van der Waals surface area contributed by atoms with E-state index in [-0.39, 0.29) is 4.88 Å². The summed E-state index contributed by atoms with van der Waals surface area (Å²) in [6, 6.07) is 5.45. The third-order valence-corrected chi connectivity index (χ3v) is 5.29.